The first-order chi connectivity index (χ1) is 10.2. The summed E-state index contributed by atoms with van der Waals surface area (Å²) in [5.74, 6) is 2.22. The maximum Gasteiger partial charge on any atom is 0.191 e. The average molecular weight is 459 g/mol. The van der Waals surface area contributed by atoms with Gasteiger partial charge >= 0.3 is 0 Å². The quantitative estimate of drug-likeness (QED) is 0.312. The minimum Gasteiger partial charge on any atom is -0.357 e. The van der Waals surface area contributed by atoms with E-state index in [-0.39, 0.29) is 28.7 Å². The number of aliphatic imine (C=N–C) groups is 1. The first-order valence-electron chi connectivity index (χ1n) is 8.60. The lowest BCUT2D eigenvalue weighted by Gasteiger charge is -2.19. The Balaban J connectivity index is 0. The molecule has 0 aromatic heterocycles. The van der Waals surface area contributed by atoms with E-state index in [2.05, 4.69) is 43.3 Å². The highest BCUT2D eigenvalue weighted by molar-refractivity contribution is 14.0. The zero-order valence-electron chi connectivity index (χ0n) is 16.1. The van der Waals surface area contributed by atoms with E-state index >= 15 is 0 Å². The molecular formula is C17H38IN3OS. The fourth-order valence-corrected chi connectivity index (χ4v) is 2.87. The molecule has 0 aliphatic heterocycles. The van der Waals surface area contributed by atoms with Crippen LogP contribution in [0.25, 0.3) is 0 Å². The summed E-state index contributed by atoms with van der Waals surface area (Å²) in [5, 5.41) is 6.71. The van der Waals surface area contributed by atoms with Gasteiger partial charge in [0.2, 0.25) is 0 Å². The van der Waals surface area contributed by atoms with Crippen molar-refractivity contribution < 1.29 is 4.21 Å². The van der Waals surface area contributed by atoms with Crippen molar-refractivity contribution in [3.8, 4) is 0 Å². The highest BCUT2D eigenvalue weighted by atomic mass is 127. The molecular weight excluding hydrogens is 421 g/mol. The van der Waals surface area contributed by atoms with Crippen LogP contribution in [0.2, 0.25) is 0 Å². The second kappa shape index (κ2) is 13.4. The minimum absolute atomic E-state index is 0. The summed E-state index contributed by atoms with van der Waals surface area (Å²) >= 11 is 0. The predicted octanol–water partition coefficient (Wildman–Crippen LogP) is 3.92. The van der Waals surface area contributed by atoms with Crippen LogP contribution in [0.5, 0.6) is 0 Å². The summed E-state index contributed by atoms with van der Waals surface area (Å²) in [4.78, 5) is 4.55. The van der Waals surface area contributed by atoms with Gasteiger partial charge in [0.1, 0.15) is 0 Å². The zero-order chi connectivity index (χ0) is 17.2. The van der Waals surface area contributed by atoms with Crippen LogP contribution >= 0.6 is 24.0 Å². The van der Waals surface area contributed by atoms with Crippen LogP contribution in [0.4, 0.5) is 0 Å². The van der Waals surface area contributed by atoms with Crippen molar-refractivity contribution in [2.24, 2.45) is 10.9 Å². The Kier molecular flexibility index (Phi) is 14.8. The minimum atomic E-state index is -0.843. The van der Waals surface area contributed by atoms with Gasteiger partial charge in [-0.25, -0.2) is 0 Å². The van der Waals surface area contributed by atoms with Crippen LogP contribution in [-0.4, -0.2) is 39.8 Å². The average Bonchev–Trinajstić information content (AvgIpc) is 2.37. The normalized spacial score (nSPS) is 15.0. The number of guanidine groups is 1. The summed E-state index contributed by atoms with van der Waals surface area (Å²) in [6, 6.07) is 0.407. The second-order valence-electron chi connectivity index (χ2n) is 7.29. The maximum atomic E-state index is 12.0. The molecule has 0 saturated carbocycles. The molecule has 0 saturated heterocycles. The third kappa shape index (κ3) is 14.2. The molecule has 4 nitrogen and oxygen atoms in total. The molecule has 0 spiro atoms. The van der Waals surface area contributed by atoms with E-state index in [0.717, 1.165) is 24.8 Å². The van der Waals surface area contributed by atoms with Gasteiger partial charge in [-0.2, -0.15) is 0 Å². The van der Waals surface area contributed by atoms with Crippen molar-refractivity contribution in [1.29, 1.82) is 0 Å². The topological polar surface area (TPSA) is 53.5 Å². The highest BCUT2D eigenvalue weighted by Crippen LogP contribution is 2.11. The van der Waals surface area contributed by atoms with Crippen molar-refractivity contribution in [3.05, 3.63) is 0 Å². The molecule has 0 aromatic carbocycles. The fourth-order valence-electron chi connectivity index (χ4n) is 2.00. The number of nitrogens with zero attached hydrogens (tertiary/aromatic N) is 1. The predicted molar refractivity (Wildman–Crippen MR) is 115 cm³/mol. The third-order valence-electron chi connectivity index (χ3n) is 3.38. The monoisotopic (exact) mass is 459 g/mol. The van der Waals surface area contributed by atoms with Crippen LogP contribution in [-0.2, 0) is 10.8 Å². The van der Waals surface area contributed by atoms with Crippen LogP contribution in [0.3, 0.4) is 0 Å². The summed E-state index contributed by atoms with van der Waals surface area (Å²) < 4.78 is 11.9. The standard InChI is InChI=1S/C17H37N3OS.HI/c1-8-18-16(19-12-13-22(21)17(5,6)7)20-15(4)11-9-10-14(2)3;/h14-15H,8-13H2,1-7H3,(H2,18,19,20);1H. The largest absolute Gasteiger partial charge is 0.357 e. The van der Waals surface area contributed by atoms with Crippen molar-refractivity contribution in [3.63, 3.8) is 0 Å². The maximum absolute atomic E-state index is 12.0. The number of halogens is 1. The van der Waals surface area contributed by atoms with Gasteiger partial charge in [0, 0.05) is 33.9 Å². The lowest BCUT2D eigenvalue weighted by molar-refractivity contribution is 0.491. The van der Waals surface area contributed by atoms with Gasteiger partial charge in [-0.1, -0.05) is 26.7 Å². The second-order valence-corrected chi connectivity index (χ2v) is 9.62. The van der Waals surface area contributed by atoms with Crippen LogP contribution in [0.1, 0.15) is 67.7 Å². The van der Waals surface area contributed by atoms with Crippen molar-refractivity contribution >= 4 is 40.7 Å². The van der Waals surface area contributed by atoms with Gasteiger partial charge in [-0.05, 0) is 47.0 Å². The first kappa shape index (κ1) is 25.4. The smallest absolute Gasteiger partial charge is 0.191 e. The molecule has 0 bridgehead atoms. The van der Waals surface area contributed by atoms with Gasteiger partial charge < -0.3 is 10.6 Å². The van der Waals surface area contributed by atoms with E-state index in [1.54, 1.807) is 0 Å². The van der Waals surface area contributed by atoms with E-state index in [1.807, 2.05) is 20.8 Å². The number of hydrogen-bond acceptors (Lipinski definition) is 2. The molecule has 2 unspecified atom stereocenters. The Morgan fingerprint density at radius 2 is 1.78 bits per heavy atom. The van der Waals surface area contributed by atoms with E-state index in [9.17, 15) is 4.21 Å². The molecule has 0 rings (SSSR count). The van der Waals surface area contributed by atoms with Gasteiger partial charge in [0.15, 0.2) is 5.96 Å². The van der Waals surface area contributed by atoms with E-state index < -0.39 is 10.8 Å². The molecule has 23 heavy (non-hydrogen) atoms. The number of rotatable bonds is 9. The summed E-state index contributed by atoms with van der Waals surface area (Å²) in [7, 11) is -0.843. The Bertz CT molecular complexity index is 354. The lowest BCUT2D eigenvalue weighted by atomic mass is 10.0. The zero-order valence-corrected chi connectivity index (χ0v) is 19.2. The Hall–Kier alpha value is 0.150. The summed E-state index contributed by atoms with van der Waals surface area (Å²) in [5.41, 5.74) is 0. The van der Waals surface area contributed by atoms with Crippen molar-refractivity contribution in [1.82, 2.24) is 10.6 Å². The number of nitrogens with one attached hydrogen (secondary N) is 2. The van der Waals surface area contributed by atoms with Crippen molar-refractivity contribution in [2.75, 3.05) is 18.8 Å². The van der Waals surface area contributed by atoms with Crippen LogP contribution in [0.15, 0.2) is 4.99 Å². The Morgan fingerprint density at radius 3 is 2.26 bits per heavy atom. The van der Waals surface area contributed by atoms with Gasteiger partial charge in [0.25, 0.3) is 0 Å². The van der Waals surface area contributed by atoms with E-state index in [0.29, 0.717) is 18.3 Å². The summed E-state index contributed by atoms with van der Waals surface area (Å²) in [6.07, 6.45) is 3.65. The molecule has 0 fully saturated rings. The summed E-state index contributed by atoms with van der Waals surface area (Å²) in [6.45, 7) is 16.2. The number of hydrogen-bond donors (Lipinski definition) is 2. The molecule has 2 N–H and O–H groups in total. The molecule has 0 radical (unpaired) electrons. The first-order valence-corrected chi connectivity index (χ1v) is 9.92. The van der Waals surface area contributed by atoms with Crippen LogP contribution < -0.4 is 10.6 Å². The molecule has 0 aliphatic rings. The Labute approximate surface area is 163 Å². The lowest BCUT2D eigenvalue weighted by Crippen LogP contribution is -2.42. The molecule has 0 heterocycles. The van der Waals surface area contributed by atoms with Crippen LogP contribution in [0, 0.1) is 5.92 Å². The van der Waals surface area contributed by atoms with E-state index in [4.69, 9.17) is 0 Å². The van der Waals surface area contributed by atoms with Gasteiger partial charge in [-0.3, -0.25) is 9.20 Å². The molecule has 6 heteroatoms. The van der Waals surface area contributed by atoms with E-state index in [1.165, 1.54) is 12.8 Å². The highest BCUT2D eigenvalue weighted by Gasteiger charge is 2.18. The molecule has 140 valence electrons. The fraction of sp³-hybridized carbons (Fsp3) is 0.941. The SMILES string of the molecule is CCNC(=NCCS(=O)C(C)(C)C)NC(C)CCCC(C)C.I. The Morgan fingerprint density at radius 1 is 1.17 bits per heavy atom. The molecule has 2 atom stereocenters. The third-order valence-corrected chi connectivity index (χ3v) is 5.29. The molecule has 0 aromatic rings. The van der Waals surface area contributed by atoms with Gasteiger partial charge in [0.05, 0.1) is 6.54 Å². The van der Waals surface area contributed by atoms with Crippen molar-refractivity contribution in [2.45, 2.75) is 78.5 Å². The molecule has 0 amide bonds. The molecule has 0 aliphatic carbocycles. The van der Waals surface area contributed by atoms with Gasteiger partial charge in [-0.15, -0.1) is 24.0 Å².